The van der Waals surface area contributed by atoms with Crippen LogP contribution in [0.4, 0.5) is 0 Å². The van der Waals surface area contributed by atoms with Gasteiger partial charge in [-0.15, -0.1) is 0 Å². The van der Waals surface area contributed by atoms with Crippen LogP contribution in [0.1, 0.15) is 26.2 Å². The van der Waals surface area contributed by atoms with E-state index in [1.165, 1.54) is 0 Å². The minimum Gasteiger partial charge on any atom is -0.398 e. The van der Waals surface area contributed by atoms with E-state index >= 15 is 0 Å². The fraction of sp³-hybridized carbons (Fsp3) is 1.00. The lowest BCUT2D eigenvalue weighted by molar-refractivity contribution is 0.0319. The van der Waals surface area contributed by atoms with Gasteiger partial charge in [0.2, 0.25) is 0 Å². The van der Waals surface area contributed by atoms with E-state index in [1.807, 2.05) is 6.55 Å². The summed E-state index contributed by atoms with van der Waals surface area (Å²) in [6, 6.07) is 0.921. The van der Waals surface area contributed by atoms with E-state index in [9.17, 15) is 5.11 Å². The predicted octanol–water partition coefficient (Wildman–Crippen LogP) is 1.92. The Labute approximate surface area is 100 Å². The van der Waals surface area contributed by atoms with Crippen molar-refractivity contribution in [3.8, 4) is 0 Å². The van der Waals surface area contributed by atoms with Crippen LogP contribution in [0.2, 0.25) is 12.6 Å². The van der Waals surface area contributed by atoms with E-state index in [4.69, 9.17) is 13.6 Å². The van der Waals surface area contributed by atoms with Crippen LogP contribution in [0.3, 0.4) is 0 Å². The third-order valence-corrected chi connectivity index (χ3v) is 5.70. The number of rotatable bonds is 10. The Morgan fingerprint density at radius 2 is 1.88 bits per heavy atom. The zero-order chi connectivity index (χ0) is 12.4. The van der Waals surface area contributed by atoms with Crippen LogP contribution in [0.25, 0.3) is 0 Å². The maximum atomic E-state index is 9.44. The molecule has 0 aromatic rings. The summed E-state index contributed by atoms with van der Waals surface area (Å²) in [6.07, 6.45) is 2.40. The Morgan fingerprint density at radius 3 is 2.38 bits per heavy atom. The van der Waals surface area contributed by atoms with E-state index in [0.717, 1.165) is 25.3 Å². The topological polar surface area (TPSA) is 47.9 Å². The van der Waals surface area contributed by atoms with Gasteiger partial charge >= 0.3 is 8.56 Å². The van der Waals surface area contributed by atoms with Crippen LogP contribution in [-0.2, 0) is 13.6 Å². The number of ether oxygens (including phenoxy) is 1. The number of hydrogen-bond acceptors (Lipinski definition) is 4. The maximum Gasteiger partial charge on any atom is 0.334 e. The maximum absolute atomic E-state index is 9.44. The molecule has 0 bridgehead atoms. The molecule has 0 aliphatic heterocycles. The zero-order valence-electron chi connectivity index (χ0n) is 11.0. The summed E-state index contributed by atoms with van der Waals surface area (Å²) < 4.78 is 16.1. The molecule has 0 aliphatic rings. The van der Waals surface area contributed by atoms with Gasteiger partial charge in [-0.2, -0.15) is 0 Å². The van der Waals surface area contributed by atoms with E-state index in [1.54, 1.807) is 14.2 Å². The van der Waals surface area contributed by atoms with Crippen LogP contribution >= 0.6 is 0 Å². The molecule has 0 amide bonds. The van der Waals surface area contributed by atoms with E-state index < -0.39 is 8.56 Å². The summed E-state index contributed by atoms with van der Waals surface area (Å²) in [4.78, 5) is 0. The highest BCUT2D eigenvalue weighted by Crippen LogP contribution is 2.13. The number of aliphatic hydroxyl groups excluding tert-OH is 1. The lowest BCUT2D eigenvalue weighted by Crippen LogP contribution is -2.36. The summed E-state index contributed by atoms with van der Waals surface area (Å²) >= 11 is 0. The summed E-state index contributed by atoms with van der Waals surface area (Å²) in [7, 11) is 1.46. The second-order valence-electron chi connectivity index (χ2n) is 4.16. The molecule has 1 atom stereocenters. The van der Waals surface area contributed by atoms with Crippen molar-refractivity contribution < 1.29 is 18.7 Å². The highest BCUT2D eigenvalue weighted by atomic mass is 28.4. The van der Waals surface area contributed by atoms with Crippen LogP contribution in [0.15, 0.2) is 0 Å². The molecular weight excluding hydrogens is 224 g/mol. The first kappa shape index (κ1) is 16.1. The molecule has 0 saturated heterocycles. The van der Waals surface area contributed by atoms with E-state index in [0.29, 0.717) is 13.2 Å². The smallest absolute Gasteiger partial charge is 0.334 e. The Hall–Kier alpha value is 0.0569. The average molecular weight is 250 g/mol. The molecule has 0 radical (unpaired) electrons. The number of aliphatic hydroxyl groups is 1. The van der Waals surface area contributed by atoms with Gasteiger partial charge in [-0.1, -0.05) is 13.3 Å². The predicted molar refractivity (Wildman–Crippen MR) is 66.8 cm³/mol. The van der Waals surface area contributed by atoms with Gasteiger partial charge in [-0.05, 0) is 25.4 Å². The van der Waals surface area contributed by atoms with E-state index in [-0.39, 0.29) is 6.10 Å². The molecule has 98 valence electrons. The van der Waals surface area contributed by atoms with Gasteiger partial charge in [0, 0.05) is 20.8 Å². The molecule has 1 N–H and O–H groups in total. The Kier molecular flexibility index (Phi) is 9.16. The van der Waals surface area contributed by atoms with Gasteiger partial charge in [-0.25, -0.2) is 0 Å². The monoisotopic (exact) mass is 250 g/mol. The third-order valence-electron chi connectivity index (χ3n) is 2.72. The van der Waals surface area contributed by atoms with Gasteiger partial charge in [0.05, 0.1) is 12.7 Å². The minimum atomic E-state index is -1.93. The summed E-state index contributed by atoms with van der Waals surface area (Å²) in [5.74, 6) is 0. The molecule has 5 heteroatoms. The summed E-state index contributed by atoms with van der Waals surface area (Å²) in [5.41, 5.74) is 0. The van der Waals surface area contributed by atoms with Crippen molar-refractivity contribution in [2.24, 2.45) is 0 Å². The molecular formula is C11H26O4Si. The Morgan fingerprint density at radius 1 is 1.25 bits per heavy atom. The van der Waals surface area contributed by atoms with Crippen LogP contribution < -0.4 is 0 Å². The molecule has 1 unspecified atom stereocenters. The van der Waals surface area contributed by atoms with Crippen LogP contribution in [-0.4, -0.2) is 47.2 Å². The number of hydrogen-bond donors (Lipinski definition) is 1. The SMILES string of the molecule is CCCC(O)COCCC[Si](C)(OC)OC. The van der Waals surface area contributed by atoms with Gasteiger partial charge < -0.3 is 18.7 Å². The first-order chi connectivity index (χ1) is 7.58. The fourth-order valence-electron chi connectivity index (χ4n) is 1.42. The summed E-state index contributed by atoms with van der Waals surface area (Å²) in [5, 5.41) is 9.44. The molecule has 0 fully saturated rings. The lowest BCUT2D eigenvalue weighted by Gasteiger charge is -2.22. The first-order valence-electron chi connectivity index (χ1n) is 5.94. The normalized spacial score (nSPS) is 14.1. The molecule has 0 spiro atoms. The quantitative estimate of drug-likeness (QED) is 0.475. The van der Waals surface area contributed by atoms with Crippen molar-refractivity contribution in [2.45, 2.75) is 44.9 Å². The molecule has 0 rings (SSSR count). The highest BCUT2D eigenvalue weighted by Gasteiger charge is 2.27. The van der Waals surface area contributed by atoms with Gasteiger partial charge in [0.25, 0.3) is 0 Å². The van der Waals surface area contributed by atoms with Crippen molar-refractivity contribution >= 4 is 8.56 Å². The average Bonchev–Trinajstić information content (AvgIpc) is 2.28. The first-order valence-corrected chi connectivity index (χ1v) is 8.46. The molecule has 0 aromatic carbocycles. The minimum absolute atomic E-state index is 0.321. The van der Waals surface area contributed by atoms with Gasteiger partial charge in [0.15, 0.2) is 0 Å². The second-order valence-corrected chi connectivity index (χ2v) is 7.75. The molecule has 0 saturated carbocycles. The molecule has 16 heavy (non-hydrogen) atoms. The zero-order valence-corrected chi connectivity index (χ0v) is 12.0. The molecule has 0 heterocycles. The van der Waals surface area contributed by atoms with E-state index in [2.05, 4.69) is 6.92 Å². The van der Waals surface area contributed by atoms with Crippen molar-refractivity contribution in [1.82, 2.24) is 0 Å². The van der Waals surface area contributed by atoms with Gasteiger partial charge in [-0.3, -0.25) is 0 Å². The summed E-state index contributed by atoms with van der Waals surface area (Å²) in [6.45, 7) is 5.19. The highest BCUT2D eigenvalue weighted by molar-refractivity contribution is 6.65. The van der Waals surface area contributed by atoms with Crippen molar-refractivity contribution in [3.63, 3.8) is 0 Å². The lowest BCUT2D eigenvalue weighted by atomic mass is 10.2. The molecule has 4 nitrogen and oxygen atoms in total. The Bertz CT molecular complexity index is 162. The van der Waals surface area contributed by atoms with Crippen LogP contribution in [0.5, 0.6) is 0 Å². The van der Waals surface area contributed by atoms with Crippen molar-refractivity contribution in [3.05, 3.63) is 0 Å². The van der Waals surface area contributed by atoms with Crippen LogP contribution in [0, 0.1) is 0 Å². The molecule has 0 aliphatic carbocycles. The Balaban J connectivity index is 3.46. The molecule has 0 aromatic heterocycles. The van der Waals surface area contributed by atoms with Crippen molar-refractivity contribution in [1.29, 1.82) is 0 Å². The third kappa shape index (κ3) is 7.35. The fourth-order valence-corrected chi connectivity index (χ4v) is 2.78. The second kappa shape index (κ2) is 9.12. The van der Waals surface area contributed by atoms with Crippen molar-refractivity contribution in [2.75, 3.05) is 27.4 Å². The van der Waals surface area contributed by atoms with Gasteiger partial charge in [0.1, 0.15) is 0 Å². The largest absolute Gasteiger partial charge is 0.398 e. The standard InChI is InChI=1S/C11H26O4Si/c1-5-7-11(12)10-15-8-6-9-16(4,13-2)14-3/h11-12H,5-10H2,1-4H3.